The molecule has 6 rings (SSSR count). The number of aromatic nitrogens is 3. The Balaban J connectivity index is 1.45. The average Bonchev–Trinajstić information content (AvgIpc) is 3.19. The van der Waals surface area contributed by atoms with E-state index in [1.54, 1.807) is 34.9 Å². The molecule has 1 aliphatic heterocycles. The minimum Gasteiger partial charge on any atom is -0.352 e. The molecule has 0 saturated heterocycles. The monoisotopic (exact) mass is 520 g/mol. The van der Waals surface area contributed by atoms with E-state index in [1.807, 2.05) is 18.2 Å². The van der Waals surface area contributed by atoms with Gasteiger partial charge in [-0.2, -0.15) is 0 Å². The number of rotatable bonds is 3. The van der Waals surface area contributed by atoms with Crippen molar-refractivity contribution in [2.75, 3.05) is 4.72 Å². The van der Waals surface area contributed by atoms with Crippen molar-refractivity contribution in [2.45, 2.75) is 17.9 Å². The molecule has 33 heavy (non-hydrogen) atoms. The molecule has 0 spiro atoms. The van der Waals surface area contributed by atoms with Crippen LogP contribution in [0.2, 0.25) is 0 Å². The molecule has 1 aliphatic rings. The van der Waals surface area contributed by atoms with Crippen molar-refractivity contribution in [2.24, 2.45) is 0 Å². The van der Waals surface area contributed by atoms with E-state index < -0.39 is 10.0 Å². The number of hydrogen-bond acceptors (Lipinski definition) is 4. The minimum atomic E-state index is -3.79. The number of para-hydroxylation sites is 1. The molecule has 3 aromatic carbocycles. The number of hydrogen-bond donors (Lipinski definition) is 2. The molecule has 5 aromatic rings. The number of aromatic amines is 1. The fourth-order valence-electron chi connectivity index (χ4n) is 4.38. The normalized spacial score (nSPS) is 13.1. The van der Waals surface area contributed by atoms with Crippen molar-refractivity contribution < 1.29 is 8.42 Å². The molecule has 7 nitrogen and oxygen atoms in total. The molecule has 164 valence electrons. The number of nitrogens with one attached hydrogen (secondary N) is 2. The van der Waals surface area contributed by atoms with E-state index >= 15 is 0 Å². The van der Waals surface area contributed by atoms with Gasteiger partial charge in [0.2, 0.25) is 0 Å². The average molecular weight is 521 g/mol. The zero-order valence-corrected chi connectivity index (χ0v) is 19.6. The third-order valence-corrected chi connectivity index (χ3v) is 7.88. The summed E-state index contributed by atoms with van der Waals surface area (Å²) in [5.41, 5.74) is 3.68. The first kappa shape index (κ1) is 20.2. The Morgan fingerprint density at radius 3 is 2.61 bits per heavy atom. The summed E-state index contributed by atoms with van der Waals surface area (Å²) in [6.07, 6.45) is 0.718. The van der Waals surface area contributed by atoms with Crippen LogP contribution >= 0.6 is 15.9 Å². The molecule has 0 atom stereocenters. The highest BCUT2D eigenvalue weighted by atomic mass is 79.9. The second-order valence-electron chi connectivity index (χ2n) is 7.96. The summed E-state index contributed by atoms with van der Waals surface area (Å²) in [5.74, 6) is 0.605. The van der Waals surface area contributed by atoms with Gasteiger partial charge in [-0.25, -0.2) is 13.4 Å². The van der Waals surface area contributed by atoms with Gasteiger partial charge in [0.05, 0.1) is 21.5 Å². The molecule has 0 radical (unpaired) electrons. The van der Waals surface area contributed by atoms with E-state index in [2.05, 4.69) is 31.7 Å². The standard InChI is InChI=1S/C24H17BrN4O3S/c25-14-5-8-16(9-6-14)33(31,32)28-15-7-10-21-19(13-15)24(30)29-12-11-18-17-3-1-2-4-20(17)26-22(18)23(29)27-21/h1-10,13,26,28H,11-12H2. The van der Waals surface area contributed by atoms with E-state index in [9.17, 15) is 13.2 Å². The minimum absolute atomic E-state index is 0.137. The van der Waals surface area contributed by atoms with E-state index in [-0.39, 0.29) is 10.5 Å². The van der Waals surface area contributed by atoms with Crippen LogP contribution in [0.15, 0.2) is 80.9 Å². The lowest BCUT2D eigenvalue weighted by Gasteiger charge is -2.19. The summed E-state index contributed by atoms with van der Waals surface area (Å²) in [7, 11) is -3.79. The Labute approximate surface area is 197 Å². The van der Waals surface area contributed by atoms with Crippen LogP contribution in [0.3, 0.4) is 0 Å². The van der Waals surface area contributed by atoms with Gasteiger partial charge < -0.3 is 4.98 Å². The molecule has 9 heteroatoms. The van der Waals surface area contributed by atoms with E-state index in [1.165, 1.54) is 12.1 Å². The Bertz CT molecular complexity index is 1740. The molecule has 0 aliphatic carbocycles. The molecule has 0 saturated carbocycles. The molecular weight excluding hydrogens is 504 g/mol. The highest BCUT2D eigenvalue weighted by molar-refractivity contribution is 9.10. The number of fused-ring (bicyclic) bond motifs is 6. The summed E-state index contributed by atoms with van der Waals surface area (Å²) in [6, 6.07) is 19.3. The van der Waals surface area contributed by atoms with Gasteiger partial charge >= 0.3 is 0 Å². The van der Waals surface area contributed by atoms with Crippen LogP contribution in [0.1, 0.15) is 5.56 Å². The van der Waals surface area contributed by atoms with Gasteiger partial charge in [-0.05, 0) is 60.5 Å². The lowest BCUT2D eigenvalue weighted by atomic mass is 10.0. The number of H-pyrrole nitrogens is 1. The van der Waals surface area contributed by atoms with Crippen molar-refractivity contribution in [1.29, 1.82) is 0 Å². The SMILES string of the molecule is O=c1c2cc(NS(=O)(=O)c3ccc(Br)cc3)ccc2nc2n1CCc1c-2[nH]c2ccccc12. The van der Waals surface area contributed by atoms with Crippen LogP contribution in [-0.4, -0.2) is 23.0 Å². The van der Waals surface area contributed by atoms with Crippen molar-refractivity contribution in [3.05, 3.63) is 87.1 Å². The molecule has 0 bridgehead atoms. The van der Waals surface area contributed by atoms with E-state index in [4.69, 9.17) is 4.98 Å². The van der Waals surface area contributed by atoms with Crippen LogP contribution in [0, 0.1) is 0 Å². The Morgan fingerprint density at radius 1 is 1.00 bits per heavy atom. The van der Waals surface area contributed by atoms with Crippen LogP contribution in [0.25, 0.3) is 33.3 Å². The number of nitrogens with zero attached hydrogens (tertiary/aromatic N) is 2. The maximum atomic E-state index is 13.4. The molecule has 3 heterocycles. The first-order chi connectivity index (χ1) is 15.9. The van der Waals surface area contributed by atoms with Crippen molar-refractivity contribution in [3.8, 4) is 11.5 Å². The van der Waals surface area contributed by atoms with E-state index in [0.717, 1.165) is 33.1 Å². The van der Waals surface area contributed by atoms with Crippen LogP contribution < -0.4 is 10.3 Å². The molecule has 0 unspecified atom stereocenters. The van der Waals surface area contributed by atoms with Gasteiger partial charge in [0.1, 0.15) is 0 Å². The third-order valence-electron chi connectivity index (χ3n) is 5.95. The Kier molecular flexibility index (Phi) is 4.46. The van der Waals surface area contributed by atoms with E-state index in [0.29, 0.717) is 29.0 Å². The first-order valence-electron chi connectivity index (χ1n) is 10.3. The second kappa shape index (κ2) is 7.29. The Hall–Kier alpha value is -3.43. The smallest absolute Gasteiger partial charge is 0.261 e. The fourth-order valence-corrected chi connectivity index (χ4v) is 5.70. The third kappa shape index (κ3) is 3.27. The zero-order valence-electron chi connectivity index (χ0n) is 17.2. The number of aryl methyl sites for hydroxylation is 1. The summed E-state index contributed by atoms with van der Waals surface area (Å²) in [6.45, 7) is 0.515. The number of anilines is 1. The zero-order chi connectivity index (χ0) is 22.7. The highest BCUT2D eigenvalue weighted by Gasteiger charge is 2.24. The van der Waals surface area contributed by atoms with Crippen LogP contribution in [-0.2, 0) is 23.0 Å². The predicted octanol–water partition coefficient (Wildman–Crippen LogP) is 4.66. The van der Waals surface area contributed by atoms with Gasteiger partial charge in [0, 0.05) is 27.6 Å². The first-order valence-corrected chi connectivity index (χ1v) is 12.6. The molecule has 0 amide bonds. The van der Waals surface area contributed by atoms with Gasteiger partial charge in [-0.15, -0.1) is 0 Å². The summed E-state index contributed by atoms with van der Waals surface area (Å²) >= 11 is 3.30. The summed E-state index contributed by atoms with van der Waals surface area (Å²) in [5, 5.41) is 1.51. The lowest BCUT2D eigenvalue weighted by Crippen LogP contribution is -2.27. The van der Waals surface area contributed by atoms with Crippen molar-refractivity contribution in [3.63, 3.8) is 0 Å². The van der Waals surface area contributed by atoms with Gasteiger partial charge in [-0.1, -0.05) is 34.1 Å². The van der Waals surface area contributed by atoms with Crippen LogP contribution in [0.4, 0.5) is 5.69 Å². The lowest BCUT2D eigenvalue weighted by molar-refractivity contribution is 0.601. The molecule has 2 aromatic heterocycles. The number of halogens is 1. The fraction of sp³-hybridized carbons (Fsp3) is 0.0833. The molecular formula is C24H17BrN4O3S. The predicted molar refractivity (Wildman–Crippen MR) is 132 cm³/mol. The molecule has 0 fully saturated rings. The maximum absolute atomic E-state index is 13.4. The van der Waals surface area contributed by atoms with Crippen molar-refractivity contribution >= 4 is 53.4 Å². The topological polar surface area (TPSA) is 96.8 Å². The summed E-state index contributed by atoms with van der Waals surface area (Å²) < 4.78 is 30.5. The highest BCUT2D eigenvalue weighted by Crippen LogP contribution is 2.33. The van der Waals surface area contributed by atoms with Gasteiger partial charge in [0.15, 0.2) is 5.82 Å². The Morgan fingerprint density at radius 2 is 1.79 bits per heavy atom. The number of sulfonamides is 1. The van der Waals surface area contributed by atoms with Gasteiger partial charge in [0.25, 0.3) is 15.6 Å². The van der Waals surface area contributed by atoms with Crippen molar-refractivity contribution in [1.82, 2.24) is 14.5 Å². The maximum Gasteiger partial charge on any atom is 0.261 e. The second-order valence-corrected chi connectivity index (χ2v) is 10.6. The van der Waals surface area contributed by atoms with Crippen LogP contribution in [0.5, 0.6) is 0 Å². The number of benzene rings is 3. The largest absolute Gasteiger partial charge is 0.352 e. The summed E-state index contributed by atoms with van der Waals surface area (Å²) in [4.78, 5) is 21.7. The van der Waals surface area contributed by atoms with Gasteiger partial charge in [-0.3, -0.25) is 14.1 Å². The molecule has 2 N–H and O–H groups in total. The quantitative estimate of drug-likeness (QED) is 0.361.